The third kappa shape index (κ3) is 5.33. The van der Waals surface area contributed by atoms with Crippen molar-refractivity contribution in [3.63, 3.8) is 0 Å². The first-order valence-corrected chi connectivity index (χ1v) is 16.4. The van der Waals surface area contributed by atoms with Crippen LogP contribution in [-0.2, 0) is 36.1 Å². The maximum absolute atomic E-state index is 14.0. The predicted octanol–water partition coefficient (Wildman–Crippen LogP) is 8.53. The van der Waals surface area contributed by atoms with Crippen molar-refractivity contribution in [2.45, 2.75) is 91.0 Å². The molecule has 0 aromatic heterocycles. The fraction of sp³-hybridized carbons (Fsp3) is 0.606. The van der Waals surface area contributed by atoms with Crippen LogP contribution in [0.5, 0.6) is 0 Å². The van der Waals surface area contributed by atoms with Crippen LogP contribution in [0.2, 0.25) is 0 Å². The van der Waals surface area contributed by atoms with Crippen LogP contribution in [0.25, 0.3) is 0 Å². The van der Waals surface area contributed by atoms with Gasteiger partial charge in [0.25, 0.3) is 0 Å². The lowest BCUT2D eigenvalue weighted by Gasteiger charge is -2.60. The number of hydrogen-bond donors (Lipinski definition) is 0. The largest absolute Gasteiger partial charge is 0.475 e. The van der Waals surface area contributed by atoms with E-state index >= 15 is 0 Å². The number of Topliss-reactive ketones (excluding diaryl/α,β-unsaturated/α-hetero) is 1. The first kappa shape index (κ1) is 27.4. The van der Waals surface area contributed by atoms with Gasteiger partial charge in [-0.05, 0) is 91.6 Å². The summed E-state index contributed by atoms with van der Waals surface area (Å²) >= 11 is 0. The van der Waals surface area contributed by atoms with E-state index in [0.717, 1.165) is 49.7 Å². The number of benzene rings is 2. The number of carbonyl (C=O) groups is 1. The Morgan fingerprint density at radius 1 is 0.795 bits per heavy atom. The highest BCUT2D eigenvalue weighted by Crippen LogP contribution is 2.66. The Morgan fingerprint density at radius 3 is 2.08 bits per heavy atom. The Hall–Kier alpha value is -1.78. The lowest BCUT2D eigenvalue weighted by Crippen LogP contribution is -2.54. The molecule has 6 rings (SSSR count). The molecule has 0 spiro atoms. The number of rotatable bonds is 8. The van der Waals surface area contributed by atoms with Crippen LogP contribution >= 0.6 is 7.82 Å². The summed E-state index contributed by atoms with van der Waals surface area (Å²) in [6, 6.07) is 19.5. The topological polar surface area (TPSA) is 61.8 Å². The molecule has 0 N–H and O–H groups in total. The van der Waals surface area contributed by atoms with Crippen LogP contribution in [0.1, 0.15) is 82.8 Å². The van der Waals surface area contributed by atoms with Crippen LogP contribution in [0, 0.1) is 34.5 Å². The Morgan fingerprint density at radius 2 is 1.44 bits per heavy atom. The lowest BCUT2D eigenvalue weighted by molar-refractivity contribution is -0.142. The zero-order valence-corrected chi connectivity index (χ0v) is 24.3. The summed E-state index contributed by atoms with van der Waals surface area (Å²) in [6.45, 7) is 5.12. The van der Waals surface area contributed by atoms with E-state index in [1.165, 1.54) is 19.3 Å². The van der Waals surface area contributed by atoms with Gasteiger partial charge in [-0.15, -0.1) is 0 Å². The molecule has 0 saturated heterocycles. The van der Waals surface area contributed by atoms with Crippen molar-refractivity contribution in [3.05, 3.63) is 71.8 Å². The Balaban J connectivity index is 1.14. The molecule has 6 heteroatoms. The van der Waals surface area contributed by atoms with Gasteiger partial charge in [-0.25, -0.2) is 4.57 Å². The molecule has 2 aromatic rings. The number of ketones is 1. The number of phosphoric acid groups is 1. The molecule has 4 fully saturated rings. The average Bonchev–Trinajstić information content (AvgIpc) is 3.26. The van der Waals surface area contributed by atoms with Gasteiger partial charge in [-0.1, -0.05) is 74.5 Å². The molecule has 4 aliphatic rings. The van der Waals surface area contributed by atoms with Crippen molar-refractivity contribution in [1.29, 1.82) is 0 Å². The first-order valence-electron chi connectivity index (χ1n) is 15.0. The third-order valence-corrected chi connectivity index (χ3v) is 12.5. The van der Waals surface area contributed by atoms with E-state index in [9.17, 15) is 9.36 Å². The van der Waals surface area contributed by atoms with Gasteiger partial charge >= 0.3 is 7.82 Å². The van der Waals surface area contributed by atoms with Crippen molar-refractivity contribution in [3.8, 4) is 0 Å². The van der Waals surface area contributed by atoms with Crippen LogP contribution in [0.3, 0.4) is 0 Å². The molecule has 0 bridgehead atoms. The maximum Gasteiger partial charge on any atom is 0.475 e. The molecule has 0 amide bonds. The zero-order valence-electron chi connectivity index (χ0n) is 23.4. The Bertz CT molecular complexity index is 1150. The fourth-order valence-corrected chi connectivity index (χ4v) is 10.2. The van der Waals surface area contributed by atoms with Gasteiger partial charge in [-0.2, -0.15) is 0 Å². The van der Waals surface area contributed by atoms with Crippen LogP contribution in [0.4, 0.5) is 0 Å². The van der Waals surface area contributed by atoms with Crippen molar-refractivity contribution < 1.29 is 22.9 Å². The van der Waals surface area contributed by atoms with Crippen LogP contribution in [-0.4, -0.2) is 11.9 Å². The summed E-state index contributed by atoms with van der Waals surface area (Å²) in [4.78, 5) is 12.8. The molecule has 5 nitrogen and oxygen atoms in total. The highest BCUT2D eigenvalue weighted by Gasteiger charge is 2.60. The smallest absolute Gasteiger partial charge is 0.299 e. The van der Waals surface area contributed by atoms with Gasteiger partial charge < -0.3 is 0 Å². The molecule has 2 aromatic carbocycles. The van der Waals surface area contributed by atoms with E-state index in [4.69, 9.17) is 13.6 Å². The van der Waals surface area contributed by atoms with Crippen molar-refractivity contribution in [1.82, 2.24) is 0 Å². The van der Waals surface area contributed by atoms with E-state index in [0.29, 0.717) is 29.5 Å². The second-order valence-corrected chi connectivity index (χ2v) is 14.7. The zero-order chi connectivity index (χ0) is 27.1. The maximum atomic E-state index is 14.0. The predicted molar refractivity (Wildman–Crippen MR) is 152 cm³/mol. The highest BCUT2D eigenvalue weighted by atomic mass is 31.2. The monoisotopic (exact) mass is 550 g/mol. The molecule has 0 radical (unpaired) electrons. The van der Waals surface area contributed by atoms with Gasteiger partial charge in [0.15, 0.2) is 0 Å². The fourth-order valence-electron chi connectivity index (χ4n) is 8.82. The van der Waals surface area contributed by atoms with Gasteiger partial charge in [0, 0.05) is 11.8 Å². The quantitative estimate of drug-likeness (QED) is 0.308. The van der Waals surface area contributed by atoms with E-state index in [2.05, 4.69) is 13.8 Å². The minimum Gasteiger partial charge on any atom is -0.299 e. The second-order valence-electron chi connectivity index (χ2n) is 13.0. The lowest BCUT2D eigenvalue weighted by atomic mass is 9.45. The Kier molecular flexibility index (Phi) is 7.65. The first-order chi connectivity index (χ1) is 18.8. The molecular weight excluding hydrogens is 507 g/mol. The van der Waals surface area contributed by atoms with E-state index in [1.54, 1.807) is 0 Å². The van der Waals surface area contributed by atoms with Crippen molar-refractivity contribution in [2.24, 2.45) is 34.5 Å². The SMILES string of the molecule is C[C@]12CC[C@H](OP(=O)(OCc3ccccc3)OCc3ccccc3)C[C@@H]1CC[C@@H]1[C@@H]2CC[C@]2(C)C(=O)CC[C@@H]12. The standard InChI is InChI=1S/C33H43O5P/c1-32-19-17-27(21-26(32)13-14-28-29-15-16-31(34)33(29,2)20-18-30(28)32)38-39(35,36-22-24-9-5-3-6-10-24)37-23-25-11-7-4-8-12-25/h3-12,26-30H,13-23H2,1-2H3/t26-,27-,28-,29-,30-,32-,33-/m0/s1. The van der Waals surface area contributed by atoms with E-state index < -0.39 is 7.82 Å². The molecule has 4 aliphatic carbocycles. The average molecular weight is 551 g/mol. The van der Waals surface area contributed by atoms with Gasteiger partial charge in [0.2, 0.25) is 0 Å². The number of carbonyl (C=O) groups excluding carboxylic acids is 1. The Labute approximate surface area is 233 Å². The molecule has 7 atom stereocenters. The van der Waals surface area contributed by atoms with Crippen molar-refractivity contribution >= 4 is 13.6 Å². The molecule has 4 saturated carbocycles. The van der Waals surface area contributed by atoms with E-state index in [-0.39, 0.29) is 30.1 Å². The van der Waals surface area contributed by atoms with Gasteiger partial charge in [0.1, 0.15) is 5.78 Å². The highest BCUT2D eigenvalue weighted by molar-refractivity contribution is 7.48. The molecular formula is C33H43O5P. The second kappa shape index (κ2) is 10.9. The molecule has 0 unspecified atom stereocenters. The van der Waals surface area contributed by atoms with Gasteiger partial charge in [0.05, 0.1) is 19.3 Å². The molecule has 0 heterocycles. The summed E-state index contributed by atoms with van der Waals surface area (Å²) in [5, 5.41) is 0. The minimum atomic E-state index is -3.79. The number of hydrogen-bond acceptors (Lipinski definition) is 5. The molecule has 210 valence electrons. The summed E-state index contributed by atoms with van der Waals surface area (Å²) in [7, 11) is -3.79. The summed E-state index contributed by atoms with van der Waals surface area (Å²) in [6.07, 6.45) is 9.15. The number of phosphoric ester groups is 1. The number of fused-ring (bicyclic) bond motifs is 5. The normalized spacial score (nSPS) is 36.2. The van der Waals surface area contributed by atoms with E-state index in [1.807, 2.05) is 60.7 Å². The third-order valence-electron chi connectivity index (χ3n) is 11.1. The minimum absolute atomic E-state index is 0.0799. The summed E-state index contributed by atoms with van der Waals surface area (Å²) < 4.78 is 32.2. The van der Waals surface area contributed by atoms with Crippen LogP contribution < -0.4 is 0 Å². The van der Waals surface area contributed by atoms with Crippen LogP contribution in [0.15, 0.2) is 60.7 Å². The summed E-state index contributed by atoms with van der Waals surface area (Å²) in [5.41, 5.74) is 2.06. The molecule has 0 aliphatic heterocycles. The molecule has 39 heavy (non-hydrogen) atoms. The van der Waals surface area contributed by atoms with Crippen molar-refractivity contribution in [2.75, 3.05) is 0 Å². The van der Waals surface area contributed by atoms with Gasteiger partial charge in [-0.3, -0.25) is 18.4 Å². The summed E-state index contributed by atoms with van der Waals surface area (Å²) in [5.74, 6) is 2.96.